The van der Waals surface area contributed by atoms with Gasteiger partial charge in [0.05, 0.1) is 0 Å². The lowest BCUT2D eigenvalue weighted by molar-refractivity contribution is 0.177. The molecule has 2 fully saturated rings. The van der Waals surface area contributed by atoms with Gasteiger partial charge in [0, 0.05) is 31.5 Å². The average Bonchev–Trinajstić information content (AvgIpc) is 3.17. The standard InChI is InChI=1S/C13H20N4O2/c1-2-14-13(18)17-7-5-10(6-8-17)12-16-15-11(19-12)9-3-4-9/h9-10H,2-8H2,1H3,(H,14,18). The van der Waals surface area contributed by atoms with E-state index in [0.717, 1.165) is 37.7 Å². The van der Waals surface area contributed by atoms with Gasteiger partial charge in [0.2, 0.25) is 11.8 Å². The lowest BCUT2D eigenvalue weighted by atomic mass is 9.97. The summed E-state index contributed by atoms with van der Waals surface area (Å²) in [5, 5.41) is 11.1. The number of carbonyl (C=O) groups is 1. The maximum Gasteiger partial charge on any atom is 0.317 e. The van der Waals surface area contributed by atoms with Crippen molar-refractivity contribution < 1.29 is 9.21 Å². The van der Waals surface area contributed by atoms with Gasteiger partial charge in [-0.3, -0.25) is 0 Å². The quantitative estimate of drug-likeness (QED) is 0.904. The van der Waals surface area contributed by atoms with Crippen molar-refractivity contribution in [3.8, 4) is 0 Å². The number of urea groups is 1. The van der Waals surface area contributed by atoms with Gasteiger partial charge in [-0.2, -0.15) is 0 Å². The molecule has 19 heavy (non-hydrogen) atoms. The largest absolute Gasteiger partial charge is 0.425 e. The van der Waals surface area contributed by atoms with Gasteiger partial charge in [-0.1, -0.05) is 0 Å². The van der Waals surface area contributed by atoms with E-state index in [2.05, 4.69) is 15.5 Å². The first kappa shape index (κ1) is 12.4. The van der Waals surface area contributed by atoms with Gasteiger partial charge in [-0.05, 0) is 32.6 Å². The summed E-state index contributed by atoms with van der Waals surface area (Å²) < 4.78 is 5.75. The summed E-state index contributed by atoms with van der Waals surface area (Å²) in [5.74, 6) is 2.39. The van der Waals surface area contributed by atoms with E-state index in [1.165, 1.54) is 12.8 Å². The maximum atomic E-state index is 11.7. The summed E-state index contributed by atoms with van der Waals surface area (Å²) in [6.07, 6.45) is 4.17. The van der Waals surface area contributed by atoms with Crippen LogP contribution < -0.4 is 5.32 Å². The van der Waals surface area contributed by atoms with Crippen molar-refractivity contribution in [2.24, 2.45) is 0 Å². The number of rotatable bonds is 3. The summed E-state index contributed by atoms with van der Waals surface area (Å²) in [6.45, 7) is 4.13. The average molecular weight is 264 g/mol. The first-order valence-electron chi connectivity index (χ1n) is 7.14. The molecule has 1 N–H and O–H groups in total. The van der Waals surface area contributed by atoms with E-state index in [0.29, 0.717) is 18.4 Å². The van der Waals surface area contributed by atoms with Crippen molar-refractivity contribution >= 4 is 6.03 Å². The molecule has 2 amide bonds. The Morgan fingerprint density at radius 2 is 1.79 bits per heavy atom. The number of nitrogens with zero attached hydrogens (tertiary/aromatic N) is 3. The molecule has 0 spiro atoms. The fraction of sp³-hybridized carbons (Fsp3) is 0.769. The van der Waals surface area contributed by atoms with Gasteiger partial charge >= 0.3 is 6.03 Å². The van der Waals surface area contributed by atoms with Crippen LogP contribution in [0.2, 0.25) is 0 Å². The molecule has 2 aliphatic rings. The summed E-state index contributed by atoms with van der Waals surface area (Å²) in [4.78, 5) is 13.6. The summed E-state index contributed by atoms with van der Waals surface area (Å²) in [7, 11) is 0. The Kier molecular flexibility index (Phi) is 3.40. The molecule has 1 aliphatic heterocycles. The van der Waals surface area contributed by atoms with E-state index >= 15 is 0 Å². The smallest absolute Gasteiger partial charge is 0.317 e. The molecule has 3 rings (SSSR count). The summed E-state index contributed by atoms with van der Waals surface area (Å²) in [5.41, 5.74) is 0. The molecule has 0 bridgehead atoms. The Morgan fingerprint density at radius 3 is 2.32 bits per heavy atom. The van der Waals surface area contributed by atoms with Crippen LogP contribution in [-0.2, 0) is 0 Å². The summed E-state index contributed by atoms with van der Waals surface area (Å²) >= 11 is 0. The van der Waals surface area contributed by atoms with E-state index in [1.54, 1.807) is 0 Å². The Hall–Kier alpha value is -1.59. The molecule has 0 atom stereocenters. The van der Waals surface area contributed by atoms with Crippen LogP contribution in [-0.4, -0.2) is 40.8 Å². The number of hydrogen-bond donors (Lipinski definition) is 1. The molecule has 1 aliphatic carbocycles. The third-order valence-electron chi connectivity index (χ3n) is 3.84. The van der Waals surface area contributed by atoms with Crippen LogP contribution in [0.15, 0.2) is 4.42 Å². The van der Waals surface area contributed by atoms with E-state index in [9.17, 15) is 4.79 Å². The molecule has 2 heterocycles. The highest BCUT2D eigenvalue weighted by molar-refractivity contribution is 5.74. The van der Waals surface area contributed by atoms with Crippen molar-refractivity contribution in [2.45, 2.75) is 44.4 Å². The maximum absolute atomic E-state index is 11.7. The van der Waals surface area contributed by atoms with Crippen molar-refractivity contribution in [3.63, 3.8) is 0 Å². The highest BCUT2D eigenvalue weighted by atomic mass is 16.4. The van der Waals surface area contributed by atoms with Gasteiger partial charge in [0.15, 0.2) is 0 Å². The van der Waals surface area contributed by atoms with Crippen LogP contribution in [0.5, 0.6) is 0 Å². The molecule has 0 unspecified atom stereocenters. The number of nitrogens with one attached hydrogen (secondary N) is 1. The zero-order valence-electron chi connectivity index (χ0n) is 11.3. The predicted molar refractivity (Wildman–Crippen MR) is 68.9 cm³/mol. The number of carbonyl (C=O) groups excluding carboxylic acids is 1. The molecule has 1 saturated carbocycles. The summed E-state index contributed by atoms with van der Waals surface area (Å²) in [6, 6.07) is 0.0325. The van der Waals surface area contributed by atoms with Crippen LogP contribution in [0.25, 0.3) is 0 Å². The Bertz CT molecular complexity index is 447. The molecule has 6 heteroatoms. The monoisotopic (exact) mass is 264 g/mol. The molecular formula is C13H20N4O2. The molecule has 0 radical (unpaired) electrons. The topological polar surface area (TPSA) is 71.3 Å². The third kappa shape index (κ3) is 2.72. The lowest BCUT2D eigenvalue weighted by Gasteiger charge is -2.30. The number of piperidine rings is 1. The predicted octanol–water partition coefficient (Wildman–Crippen LogP) is 1.86. The third-order valence-corrected chi connectivity index (χ3v) is 3.84. The number of likely N-dealkylation sites (tertiary alicyclic amines) is 1. The Morgan fingerprint density at radius 1 is 1.21 bits per heavy atom. The van der Waals surface area contributed by atoms with E-state index in [1.807, 2.05) is 11.8 Å². The zero-order valence-corrected chi connectivity index (χ0v) is 11.3. The molecule has 1 aromatic heterocycles. The Balaban J connectivity index is 1.55. The van der Waals surface area contributed by atoms with Crippen molar-refractivity contribution in [1.29, 1.82) is 0 Å². The van der Waals surface area contributed by atoms with Gasteiger partial charge in [-0.15, -0.1) is 10.2 Å². The molecule has 1 saturated heterocycles. The fourth-order valence-electron chi connectivity index (χ4n) is 2.50. The first-order valence-corrected chi connectivity index (χ1v) is 7.14. The molecule has 1 aromatic rings. The van der Waals surface area contributed by atoms with Gasteiger partial charge < -0.3 is 14.6 Å². The van der Waals surface area contributed by atoms with Crippen LogP contribution in [0.1, 0.15) is 56.2 Å². The minimum atomic E-state index is 0.0325. The van der Waals surface area contributed by atoms with Crippen molar-refractivity contribution in [3.05, 3.63) is 11.8 Å². The van der Waals surface area contributed by atoms with Crippen LogP contribution in [0.3, 0.4) is 0 Å². The second kappa shape index (κ2) is 5.19. The van der Waals surface area contributed by atoms with Gasteiger partial charge in [0.25, 0.3) is 0 Å². The van der Waals surface area contributed by atoms with E-state index in [-0.39, 0.29) is 6.03 Å². The number of hydrogen-bond acceptors (Lipinski definition) is 4. The normalized spacial score (nSPS) is 20.6. The van der Waals surface area contributed by atoms with E-state index in [4.69, 9.17) is 4.42 Å². The number of aromatic nitrogens is 2. The SMILES string of the molecule is CCNC(=O)N1CCC(c2nnc(C3CC3)o2)CC1. The molecule has 6 nitrogen and oxygen atoms in total. The van der Waals surface area contributed by atoms with Crippen LogP contribution in [0.4, 0.5) is 4.79 Å². The minimum Gasteiger partial charge on any atom is -0.425 e. The first-order chi connectivity index (χ1) is 9.28. The van der Waals surface area contributed by atoms with E-state index < -0.39 is 0 Å². The van der Waals surface area contributed by atoms with Crippen LogP contribution in [0, 0.1) is 0 Å². The van der Waals surface area contributed by atoms with Gasteiger partial charge in [-0.25, -0.2) is 4.79 Å². The molecule has 0 aromatic carbocycles. The highest BCUT2D eigenvalue weighted by Crippen LogP contribution is 2.40. The fourth-order valence-corrected chi connectivity index (χ4v) is 2.50. The number of amides is 2. The Labute approximate surface area is 112 Å². The van der Waals surface area contributed by atoms with Crippen molar-refractivity contribution in [1.82, 2.24) is 20.4 Å². The second-order valence-electron chi connectivity index (χ2n) is 5.35. The second-order valence-corrected chi connectivity index (χ2v) is 5.35. The highest BCUT2D eigenvalue weighted by Gasteiger charge is 2.32. The van der Waals surface area contributed by atoms with Gasteiger partial charge in [0.1, 0.15) is 0 Å². The zero-order chi connectivity index (χ0) is 13.2. The minimum absolute atomic E-state index is 0.0325. The lowest BCUT2D eigenvalue weighted by Crippen LogP contribution is -2.44. The molecule has 104 valence electrons. The molecular weight excluding hydrogens is 244 g/mol. The van der Waals surface area contributed by atoms with Crippen molar-refractivity contribution in [2.75, 3.05) is 19.6 Å². The van der Waals surface area contributed by atoms with Crippen LogP contribution >= 0.6 is 0 Å².